The van der Waals surface area contributed by atoms with Gasteiger partial charge in [-0.25, -0.2) is 4.98 Å². The summed E-state index contributed by atoms with van der Waals surface area (Å²) in [6.45, 7) is 2.34. The van der Waals surface area contributed by atoms with Crippen LogP contribution in [-0.2, 0) is 23.8 Å². The van der Waals surface area contributed by atoms with Gasteiger partial charge in [-0.1, -0.05) is 0 Å². The second-order valence-electron chi connectivity index (χ2n) is 6.72. The van der Waals surface area contributed by atoms with Crippen molar-refractivity contribution in [2.75, 3.05) is 11.4 Å². The maximum Gasteiger partial charge on any atom is 0.416 e. The number of furan rings is 1. The van der Waals surface area contributed by atoms with Crippen LogP contribution in [0.5, 0.6) is 0 Å². The van der Waals surface area contributed by atoms with Gasteiger partial charge in [0.25, 0.3) is 0 Å². The van der Waals surface area contributed by atoms with Gasteiger partial charge in [0.05, 0.1) is 17.7 Å². The monoisotopic (exact) mass is 406 g/mol. The van der Waals surface area contributed by atoms with Crippen molar-refractivity contribution < 1.29 is 22.4 Å². The largest absolute Gasteiger partial charge is 0.459 e. The number of thiazole rings is 1. The van der Waals surface area contributed by atoms with E-state index in [0.717, 1.165) is 17.9 Å². The summed E-state index contributed by atoms with van der Waals surface area (Å²) in [4.78, 5) is 18.8. The van der Waals surface area contributed by atoms with Crippen molar-refractivity contribution in [3.63, 3.8) is 0 Å². The lowest BCUT2D eigenvalue weighted by Crippen LogP contribution is -2.36. The molecule has 1 aromatic carbocycles. The van der Waals surface area contributed by atoms with E-state index in [1.54, 1.807) is 4.90 Å². The highest BCUT2D eigenvalue weighted by Gasteiger charge is 2.32. The van der Waals surface area contributed by atoms with Gasteiger partial charge < -0.3 is 9.32 Å². The zero-order valence-corrected chi connectivity index (χ0v) is 15.9. The highest BCUT2D eigenvalue weighted by Crippen LogP contribution is 2.35. The van der Waals surface area contributed by atoms with E-state index in [1.165, 1.54) is 17.4 Å². The molecular weight excluding hydrogens is 389 g/mol. The van der Waals surface area contributed by atoms with Crippen molar-refractivity contribution in [1.82, 2.24) is 4.98 Å². The molecule has 1 aliphatic rings. The lowest BCUT2D eigenvalue weighted by Gasteiger charge is -2.30. The minimum absolute atomic E-state index is 0.0939. The Morgan fingerprint density at radius 3 is 2.82 bits per heavy atom. The Hall–Kier alpha value is -2.61. The van der Waals surface area contributed by atoms with E-state index in [1.807, 2.05) is 24.4 Å². The highest BCUT2D eigenvalue weighted by molar-refractivity contribution is 7.13. The molecule has 1 amide bonds. The molecule has 0 saturated heterocycles. The number of fused-ring (bicyclic) bond motifs is 1. The number of alkyl halides is 3. The fraction of sp³-hybridized carbons (Fsp3) is 0.300. The summed E-state index contributed by atoms with van der Waals surface area (Å²) >= 11 is 1.39. The summed E-state index contributed by atoms with van der Waals surface area (Å²) in [5.41, 5.74) is 1.05. The van der Waals surface area contributed by atoms with Crippen LogP contribution in [0.25, 0.3) is 10.8 Å². The maximum absolute atomic E-state index is 12.9. The number of nitrogens with zero attached hydrogens (tertiary/aromatic N) is 2. The summed E-state index contributed by atoms with van der Waals surface area (Å²) < 4.78 is 44.4. The van der Waals surface area contributed by atoms with Crippen molar-refractivity contribution >= 4 is 22.9 Å². The SMILES string of the molecule is Cc1ccc(-c2nc(CC(=O)N3CCCc4cc(C(F)(F)F)ccc43)cs2)o1. The Labute approximate surface area is 163 Å². The number of carbonyl (C=O) groups excluding carboxylic acids is 1. The van der Waals surface area contributed by atoms with E-state index in [0.29, 0.717) is 47.1 Å². The Kier molecular flexibility index (Phi) is 4.74. The molecule has 0 aliphatic carbocycles. The predicted octanol–water partition coefficient (Wildman–Crippen LogP) is 5.25. The van der Waals surface area contributed by atoms with Gasteiger partial charge in [0, 0.05) is 17.6 Å². The molecule has 2 aromatic heterocycles. The third-order valence-electron chi connectivity index (χ3n) is 4.66. The van der Waals surface area contributed by atoms with Crippen LogP contribution in [-0.4, -0.2) is 17.4 Å². The van der Waals surface area contributed by atoms with Crippen LogP contribution in [0.1, 0.15) is 29.0 Å². The van der Waals surface area contributed by atoms with Crippen LogP contribution in [0.3, 0.4) is 0 Å². The van der Waals surface area contributed by atoms with Crippen LogP contribution >= 0.6 is 11.3 Å². The lowest BCUT2D eigenvalue weighted by atomic mass is 9.98. The van der Waals surface area contributed by atoms with Gasteiger partial charge in [-0.2, -0.15) is 13.2 Å². The molecule has 1 aliphatic heterocycles. The zero-order valence-electron chi connectivity index (χ0n) is 15.0. The Morgan fingerprint density at radius 2 is 2.11 bits per heavy atom. The molecule has 0 saturated carbocycles. The van der Waals surface area contributed by atoms with Gasteiger partial charge in [-0.3, -0.25) is 4.79 Å². The number of carbonyl (C=O) groups is 1. The summed E-state index contributed by atoms with van der Waals surface area (Å²) in [5.74, 6) is 1.27. The number of hydrogen-bond acceptors (Lipinski definition) is 4. The van der Waals surface area contributed by atoms with Gasteiger partial charge in [0.2, 0.25) is 5.91 Å². The first kappa shape index (κ1) is 18.7. The summed E-state index contributed by atoms with van der Waals surface area (Å²) in [6, 6.07) is 7.26. The maximum atomic E-state index is 12.9. The Morgan fingerprint density at radius 1 is 1.29 bits per heavy atom. The predicted molar refractivity (Wildman–Crippen MR) is 100 cm³/mol. The molecule has 0 bridgehead atoms. The van der Waals surface area contributed by atoms with Crippen molar-refractivity contribution in [2.45, 2.75) is 32.4 Å². The quantitative estimate of drug-likeness (QED) is 0.597. The summed E-state index contributed by atoms with van der Waals surface area (Å²) in [5, 5.41) is 2.51. The van der Waals surface area contributed by atoms with Gasteiger partial charge in [-0.15, -0.1) is 11.3 Å². The van der Waals surface area contributed by atoms with Gasteiger partial charge in [-0.05, 0) is 55.7 Å². The molecule has 146 valence electrons. The molecular formula is C20H17F3N2O2S. The molecule has 0 unspecified atom stereocenters. The first-order valence-corrected chi connectivity index (χ1v) is 9.71. The standard InChI is InChI=1S/C20H17F3N2O2S/c1-12-4-7-17(27-12)19-24-15(11-28-19)10-18(26)25-8-2-3-13-9-14(20(21,22)23)5-6-16(13)25/h4-7,9,11H,2-3,8,10H2,1H3. The number of anilines is 1. The average molecular weight is 406 g/mol. The second-order valence-corrected chi connectivity index (χ2v) is 7.58. The van der Waals surface area contributed by atoms with Crippen LogP contribution in [0.15, 0.2) is 40.1 Å². The van der Waals surface area contributed by atoms with Crippen LogP contribution in [0, 0.1) is 6.92 Å². The number of aromatic nitrogens is 1. The van der Waals surface area contributed by atoms with Crippen LogP contribution < -0.4 is 4.90 Å². The molecule has 4 rings (SSSR count). The molecule has 3 aromatic rings. The normalized spacial score (nSPS) is 14.2. The minimum atomic E-state index is -4.39. The topological polar surface area (TPSA) is 46.3 Å². The highest BCUT2D eigenvalue weighted by atomic mass is 32.1. The average Bonchev–Trinajstić information content (AvgIpc) is 3.28. The third kappa shape index (κ3) is 3.69. The number of halogens is 3. The summed E-state index contributed by atoms with van der Waals surface area (Å²) in [6.07, 6.45) is -3.13. The Balaban J connectivity index is 1.53. The van der Waals surface area contributed by atoms with Crippen molar-refractivity contribution in [3.05, 3.63) is 58.3 Å². The van der Waals surface area contributed by atoms with Crippen molar-refractivity contribution in [3.8, 4) is 10.8 Å². The smallest absolute Gasteiger partial charge is 0.416 e. The van der Waals surface area contributed by atoms with Crippen LogP contribution in [0.2, 0.25) is 0 Å². The third-order valence-corrected chi connectivity index (χ3v) is 5.57. The van der Waals surface area contributed by atoms with Crippen LogP contribution in [0.4, 0.5) is 18.9 Å². The number of hydrogen-bond donors (Lipinski definition) is 0. The van der Waals surface area contributed by atoms with E-state index >= 15 is 0 Å². The van der Waals surface area contributed by atoms with Gasteiger partial charge in [0.15, 0.2) is 10.8 Å². The molecule has 0 radical (unpaired) electrons. The number of rotatable bonds is 3. The van der Waals surface area contributed by atoms with E-state index in [4.69, 9.17) is 4.42 Å². The van der Waals surface area contributed by atoms with E-state index < -0.39 is 11.7 Å². The number of benzene rings is 1. The van der Waals surface area contributed by atoms with E-state index in [9.17, 15) is 18.0 Å². The first-order valence-electron chi connectivity index (χ1n) is 8.83. The van der Waals surface area contributed by atoms with Gasteiger partial charge >= 0.3 is 6.18 Å². The van der Waals surface area contributed by atoms with Gasteiger partial charge in [0.1, 0.15) is 5.76 Å². The molecule has 3 heterocycles. The Bertz CT molecular complexity index is 1020. The van der Waals surface area contributed by atoms with E-state index in [-0.39, 0.29) is 12.3 Å². The number of amides is 1. The van der Waals surface area contributed by atoms with Crippen molar-refractivity contribution in [1.29, 1.82) is 0 Å². The molecule has 0 atom stereocenters. The van der Waals surface area contributed by atoms with E-state index in [2.05, 4.69) is 4.98 Å². The first-order chi connectivity index (χ1) is 13.3. The van der Waals surface area contributed by atoms with Crippen molar-refractivity contribution in [2.24, 2.45) is 0 Å². The molecule has 0 fully saturated rings. The second kappa shape index (κ2) is 7.09. The fourth-order valence-corrected chi connectivity index (χ4v) is 4.11. The summed E-state index contributed by atoms with van der Waals surface area (Å²) in [7, 11) is 0. The zero-order chi connectivity index (χ0) is 19.9. The molecule has 28 heavy (non-hydrogen) atoms. The molecule has 0 spiro atoms. The molecule has 4 nitrogen and oxygen atoms in total. The minimum Gasteiger partial charge on any atom is -0.459 e. The molecule has 0 N–H and O–H groups in total. The molecule has 8 heteroatoms. The fourth-order valence-electron chi connectivity index (χ4n) is 3.33. The lowest BCUT2D eigenvalue weighted by molar-refractivity contribution is -0.137. The number of aryl methyl sites for hydroxylation is 2.